The molecule has 1 unspecified atom stereocenters. The number of rotatable bonds is 4. The summed E-state index contributed by atoms with van der Waals surface area (Å²) in [5.41, 5.74) is -1.46. The van der Waals surface area contributed by atoms with Crippen LogP contribution in [0.2, 0.25) is 0 Å². The van der Waals surface area contributed by atoms with Gasteiger partial charge in [-0.2, -0.15) is 0 Å². The molecule has 1 N–H and O–H groups in total. The Morgan fingerprint density at radius 1 is 1.45 bits per heavy atom. The van der Waals surface area contributed by atoms with Crippen molar-refractivity contribution in [1.82, 2.24) is 0 Å². The van der Waals surface area contributed by atoms with E-state index >= 15 is 0 Å². The molecule has 0 spiro atoms. The Bertz CT molecular complexity index is 170. The Hall–Kier alpha value is -0.700. The first-order valence-corrected chi connectivity index (χ1v) is 3.65. The summed E-state index contributed by atoms with van der Waals surface area (Å²) in [5, 5.41) is 9.38. The van der Waals surface area contributed by atoms with E-state index in [4.69, 9.17) is 0 Å². The predicted molar refractivity (Wildman–Crippen MR) is 41.2 cm³/mol. The SMILES string of the molecule is CCC(=O)C(C)(O)CC(C)=O. The molecule has 64 valence electrons. The molecular weight excluding hydrogens is 144 g/mol. The number of ketones is 2. The Kier molecular flexibility index (Phi) is 3.39. The molecule has 3 heteroatoms. The molecule has 0 aliphatic rings. The van der Waals surface area contributed by atoms with Crippen molar-refractivity contribution < 1.29 is 14.7 Å². The maximum Gasteiger partial charge on any atom is 0.164 e. The van der Waals surface area contributed by atoms with Crippen LogP contribution in [0.5, 0.6) is 0 Å². The zero-order valence-electron chi connectivity index (χ0n) is 7.18. The fourth-order valence-electron chi connectivity index (χ4n) is 0.964. The van der Waals surface area contributed by atoms with Crippen LogP contribution in [-0.4, -0.2) is 22.3 Å². The smallest absolute Gasteiger partial charge is 0.164 e. The number of carbonyl (C=O) groups excluding carboxylic acids is 2. The van der Waals surface area contributed by atoms with Gasteiger partial charge in [-0.1, -0.05) is 6.92 Å². The third kappa shape index (κ3) is 3.28. The van der Waals surface area contributed by atoms with Gasteiger partial charge in [-0.05, 0) is 13.8 Å². The molecule has 0 bridgehead atoms. The number of carbonyl (C=O) groups is 2. The van der Waals surface area contributed by atoms with E-state index in [2.05, 4.69) is 0 Å². The average Bonchev–Trinajstić information content (AvgIpc) is 1.83. The van der Waals surface area contributed by atoms with E-state index in [-0.39, 0.29) is 24.4 Å². The van der Waals surface area contributed by atoms with Crippen molar-refractivity contribution >= 4 is 11.6 Å². The van der Waals surface area contributed by atoms with Crippen molar-refractivity contribution in [1.29, 1.82) is 0 Å². The van der Waals surface area contributed by atoms with Crippen LogP contribution in [0.25, 0.3) is 0 Å². The van der Waals surface area contributed by atoms with Crippen LogP contribution in [0.4, 0.5) is 0 Å². The van der Waals surface area contributed by atoms with Gasteiger partial charge >= 0.3 is 0 Å². The van der Waals surface area contributed by atoms with Crippen molar-refractivity contribution in [2.75, 3.05) is 0 Å². The highest BCUT2D eigenvalue weighted by Crippen LogP contribution is 2.12. The number of hydrogen-bond donors (Lipinski definition) is 1. The number of aliphatic hydroxyl groups is 1. The molecule has 0 saturated heterocycles. The van der Waals surface area contributed by atoms with Crippen molar-refractivity contribution in [3.05, 3.63) is 0 Å². The minimum Gasteiger partial charge on any atom is -0.382 e. The molecule has 3 nitrogen and oxygen atoms in total. The first-order valence-electron chi connectivity index (χ1n) is 3.65. The number of Topliss-reactive ketones (excluding diaryl/α,β-unsaturated/α-hetero) is 2. The fourth-order valence-corrected chi connectivity index (χ4v) is 0.964. The first kappa shape index (κ1) is 10.3. The Morgan fingerprint density at radius 2 is 1.91 bits per heavy atom. The van der Waals surface area contributed by atoms with E-state index < -0.39 is 5.60 Å². The van der Waals surface area contributed by atoms with E-state index in [9.17, 15) is 14.7 Å². The topological polar surface area (TPSA) is 54.4 Å². The lowest BCUT2D eigenvalue weighted by Gasteiger charge is -2.18. The van der Waals surface area contributed by atoms with Crippen LogP contribution >= 0.6 is 0 Å². The lowest BCUT2D eigenvalue weighted by molar-refractivity contribution is -0.140. The summed E-state index contributed by atoms with van der Waals surface area (Å²) in [7, 11) is 0. The van der Waals surface area contributed by atoms with Crippen LogP contribution in [0.1, 0.15) is 33.6 Å². The fraction of sp³-hybridized carbons (Fsp3) is 0.750. The molecule has 0 aliphatic heterocycles. The van der Waals surface area contributed by atoms with Gasteiger partial charge in [0, 0.05) is 12.8 Å². The summed E-state index contributed by atoms with van der Waals surface area (Å²) in [5.74, 6) is -0.454. The van der Waals surface area contributed by atoms with Gasteiger partial charge in [-0.15, -0.1) is 0 Å². The highest BCUT2D eigenvalue weighted by Gasteiger charge is 2.29. The van der Waals surface area contributed by atoms with Crippen LogP contribution in [0.3, 0.4) is 0 Å². The van der Waals surface area contributed by atoms with Crippen molar-refractivity contribution in [3.8, 4) is 0 Å². The lowest BCUT2D eigenvalue weighted by atomic mass is 9.93. The first-order chi connectivity index (χ1) is 4.90. The van der Waals surface area contributed by atoms with Gasteiger partial charge in [-0.25, -0.2) is 0 Å². The molecule has 0 aromatic heterocycles. The summed E-state index contributed by atoms with van der Waals surface area (Å²) in [6.45, 7) is 4.40. The monoisotopic (exact) mass is 158 g/mol. The molecule has 1 atom stereocenters. The minimum absolute atomic E-state index is 0.0837. The molecule has 0 aromatic carbocycles. The van der Waals surface area contributed by atoms with E-state index in [0.717, 1.165) is 0 Å². The minimum atomic E-state index is -1.46. The highest BCUT2D eigenvalue weighted by molar-refractivity contribution is 5.91. The third-order valence-electron chi connectivity index (χ3n) is 1.51. The second-order valence-corrected chi connectivity index (χ2v) is 2.93. The molecule has 0 amide bonds. The average molecular weight is 158 g/mol. The maximum absolute atomic E-state index is 11.0. The highest BCUT2D eigenvalue weighted by atomic mass is 16.3. The van der Waals surface area contributed by atoms with E-state index in [1.807, 2.05) is 0 Å². The molecule has 11 heavy (non-hydrogen) atoms. The largest absolute Gasteiger partial charge is 0.382 e. The predicted octanol–water partition coefficient (Wildman–Crippen LogP) is 0.696. The molecule has 0 rings (SSSR count). The van der Waals surface area contributed by atoms with E-state index in [1.165, 1.54) is 13.8 Å². The normalized spacial score (nSPS) is 15.6. The second kappa shape index (κ2) is 3.62. The molecule has 0 fully saturated rings. The summed E-state index contributed by atoms with van der Waals surface area (Å²) >= 11 is 0. The number of hydrogen-bond acceptors (Lipinski definition) is 3. The van der Waals surface area contributed by atoms with Gasteiger partial charge < -0.3 is 5.11 Å². The molecule has 0 aliphatic carbocycles. The summed E-state index contributed by atoms with van der Waals surface area (Å²) in [6.07, 6.45) is 0.181. The molecular formula is C8H14O3. The maximum atomic E-state index is 11.0. The van der Waals surface area contributed by atoms with Gasteiger partial charge in [0.25, 0.3) is 0 Å². The summed E-state index contributed by atoms with van der Waals surface area (Å²) in [4.78, 5) is 21.5. The van der Waals surface area contributed by atoms with Gasteiger partial charge in [0.15, 0.2) is 5.78 Å². The Labute approximate surface area is 66.4 Å². The van der Waals surface area contributed by atoms with E-state index in [1.54, 1.807) is 6.92 Å². The third-order valence-corrected chi connectivity index (χ3v) is 1.51. The summed E-state index contributed by atoms with van der Waals surface area (Å²) < 4.78 is 0. The summed E-state index contributed by atoms with van der Waals surface area (Å²) in [6, 6.07) is 0. The van der Waals surface area contributed by atoms with Gasteiger partial charge in [0.2, 0.25) is 0 Å². The quantitative estimate of drug-likeness (QED) is 0.655. The molecule has 0 radical (unpaired) electrons. The van der Waals surface area contributed by atoms with Gasteiger partial charge in [0.05, 0.1) is 0 Å². The zero-order valence-corrected chi connectivity index (χ0v) is 7.18. The second-order valence-electron chi connectivity index (χ2n) is 2.93. The van der Waals surface area contributed by atoms with Crippen LogP contribution in [0.15, 0.2) is 0 Å². The van der Waals surface area contributed by atoms with Crippen LogP contribution in [-0.2, 0) is 9.59 Å². The standard InChI is InChI=1S/C8H14O3/c1-4-7(10)8(3,11)5-6(2)9/h11H,4-5H2,1-3H3. The zero-order chi connectivity index (χ0) is 9.07. The van der Waals surface area contributed by atoms with Gasteiger partial charge in [-0.3, -0.25) is 9.59 Å². The molecule has 0 aromatic rings. The van der Waals surface area contributed by atoms with Crippen molar-refractivity contribution in [2.45, 2.75) is 39.2 Å². The van der Waals surface area contributed by atoms with Crippen LogP contribution < -0.4 is 0 Å². The molecule has 0 heterocycles. The van der Waals surface area contributed by atoms with E-state index in [0.29, 0.717) is 0 Å². The molecule has 0 saturated carbocycles. The van der Waals surface area contributed by atoms with Crippen molar-refractivity contribution in [3.63, 3.8) is 0 Å². The Morgan fingerprint density at radius 3 is 2.18 bits per heavy atom. The van der Waals surface area contributed by atoms with Gasteiger partial charge in [0.1, 0.15) is 11.4 Å². The van der Waals surface area contributed by atoms with Crippen LogP contribution in [0, 0.1) is 0 Å². The lowest BCUT2D eigenvalue weighted by Crippen LogP contribution is -2.36. The van der Waals surface area contributed by atoms with Crippen molar-refractivity contribution in [2.24, 2.45) is 0 Å². The Balaban J connectivity index is 4.21.